The monoisotopic (exact) mass is 488 g/mol. The van der Waals surface area contributed by atoms with Gasteiger partial charge in [0.25, 0.3) is 5.56 Å². The highest BCUT2D eigenvalue weighted by molar-refractivity contribution is 5.78. The van der Waals surface area contributed by atoms with Crippen LogP contribution in [0.25, 0.3) is 0 Å². The summed E-state index contributed by atoms with van der Waals surface area (Å²) in [4.78, 5) is 44.1. The average molecular weight is 489 g/mol. The fourth-order valence-electron chi connectivity index (χ4n) is 6.22. The summed E-state index contributed by atoms with van der Waals surface area (Å²) in [5, 5.41) is 0. The van der Waals surface area contributed by atoms with Crippen LogP contribution in [-0.4, -0.2) is 46.2 Å². The Hall–Kier alpha value is -3.65. The minimum absolute atomic E-state index is 0.0618. The normalized spacial score (nSPS) is 23.3. The molecule has 1 aromatic heterocycles. The maximum Gasteiger partial charge on any atom is 0.332 e. The number of hydrogen-bond acceptors (Lipinski definition) is 6. The molecule has 3 aromatic rings. The second-order valence-electron chi connectivity index (χ2n) is 9.72. The van der Waals surface area contributed by atoms with Gasteiger partial charge in [0.2, 0.25) is 0 Å². The van der Waals surface area contributed by atoms with Crippen molar-refractivity contribution in [2.24, 2.45) is 20.0 Å². The van der Waals surface area contributed by atoms with Gasteiger partial charge >= 0.3 is 11.7 Å². The van der Waals surface area contributed by atoms with E-state index in [1.807, 2.05) is 72.6 Å². The Labute approximate surface area is 210 Å². The Kier molecular flexibility index (Phi) is 6.30. The highest BCUT2D eigenvalue weighted by atomic mass is 16.5. The van der Waals surface area contributed by atoms with E-state index in [2.05, 4.69) is 4.90 Å². The number of fused-ring (bicyclic) bond motifs is 3. The van der Waals surface area contributed by atoms with Gasteiger partial charge in [-0.1, -0.05) is 60.7 Å². The summed E-state index contributed by atoms with van der Waals surface area (Å²) in [5.74, 6) is 0.0965. The molecule has 0 spiro atoms. The molecule has 1 saturated heterocycles. The predicted molar refractivity (Wildman–Crippen MR) is 138 cm³/mol. The summed E-state index contributed by atoms with van der Waals surface area (Å²) in [7, 11) is 5.12. The van der Waals surface area contributed by atoms with Crippen molar-refractivity contribution in [1.29, 1.82) is 0 Å². The average Bonchev–Trinajstić information content (AvgIpc) is 3.18. The summed E-state index contributed by atoms with van der Waals surface area (Å²) in [5.41, 5.74) is 2.00. The molecule has 188 valence electrons. The molecule has 0 saturated carbocycles. The van der Waals surface area contributed by atoms with Crippen molar-refractivity contribution in [3.63, 3.8) is 0 Å². The zero-order valence-corrected chi connectivity index (χ0v) is 21.1. The van der Waals surface area contributed by atoms with E-state index in [0.717, 1.165) is 11.1 Å². The van der Waals surface area contributed by atoms with Gasteiger partial charge < -0.3 is 9.64 Å². The number of carbonyl (C=O) groups is 1. The first-order chi connectivity index (χ1) is 17.3. The van der Waals surface area contributed by atoms with Gasteiger partial charge in [-0.25, -0.2) is 4.79 Å². The molecule has 0 amide bonds. The van der Waals surface area contributed by atoms with Gasteiger partial charge in [0.1, 0.15) is 11.9 Å². The van der Waals surface area contributed by atoms with E-state index in [9.17, 15) is 14.4 Å². The van der Waals surface area contributed by atoms with Crippen molar-refractivity contribution in [1.82, 2.24) is 14.0 Å². The zero-order chi connectivity index (χ0) is 25.6. The molecule has 0 bridgehead atoms. The van der Waals surface area contributed by atoms with Gasteiger partial charge in [-0.15, -0.1) is 0 Å². The molecule has 0 radical (unpaired) electrons. The third-order valence-electron chi connectivity index (χ3n) is 7.71. The lowest BCUT2D eigenvalue weighted by Crippen LogP contribution is -2.50. The fourth-order valence-corrected chi connectivity index (χ4v) is 6.22. The Balaban J connectivity index is 1.73. The molecule has 8 heteroatoms. The van der Waals surface area contributed by atoms with Crippen LogP contribution in [0.5, 0.6) is 0 Å². The molecule has 2 aliphatic heterocycles. The maximum atomic E-state index is 13.7. The lowest BCUT2D eigenvalue weighted by Gasteiger charge is -2.41. The summed E-state index contributed by atoms with van der Waals surface area (Å²) in [6, 6.07) is 19.1. The molecule has 1 fully saturated rings. The van der Waals surface area contributed by atoms with Crippen molar-refractivity contribution in [3.8, 4) is 0 Å². The lowest BCUT2D eigenvalue weighted by molar-refractivity contribution is -0.148. The molecule has 3 heterocycles. The van der Waals surface area contributed by atoms with Crippen molar-refractivity contribution >= 4 is 11.8 Å². The van der Waals surface area contributed by atoms with Crippen LogP contribution in [-0.2, 0) is 30.2 Å². The van der Waals surface area contributed by atoms with E-state index in [1.54, 1.807) is 18.5 Å². The van der Waals surface area contributed by atoms with Crippen LogP contribution < -0.4 is 16.1 Å². The number of likely N-dealkylation sites (tertiary alicyclic amines) is 1. The molecular formula is C28H32N4O4. The standard InChI is InChI=1S/C28H32N4O4/c1-5-36-27(34)24-21(19-14-10-7-11-15-19)20-17-32(16-18-12-8-6-9-13-18)25-22(23(20)29(24)2)26(33)31(4)28(35)30(25)3/h6-15,20-21,23-24H,5,16-17H2,1-4H3/t20-,21-,23+,24-/m0/s1. The summed E-state index contributed by atoms with van der Waals surface area (Å²) >= 11 is 0. The molecule has 4 atom stereocenters. The Morgan fingerprint density at radius 3 is 2.22 bits per heavy atom. The molecule has 0 N–H and O–H groups in total. The van der Waals surface area contributed by atoms with Gasteiger partial charge in [-0.2, -0.15) is 0 Å². The van der Waals surface area contributed by atoms with E-state index >= 15 is 0 Å². The van der Waals surface area contributed by atoms with Crippen LogP contribution in [0.3, 0.4) is 0 Å². The van der Waals surface area contributed by atoms with Gasteiger partial charge in [-0.3, -0.25) is 23.6 Å². The van der Waals surface area contributed by atoms with E-state index in [4.69, 9.17) is 4.74 Å². The van der Waals surface area contributed by atoms with Crippen molar-refractivity contribution in [2.45, 2.75) is 31.5 Å². The molecule has 0 aliphatic carbocycles. The number of benzene rings is 2. The van der Waals surface area contributed by atoms with Crippen LogP contribution >= 0.6 is 0 Å². The zero-order valence-electron chi connectivity index (χ0n) is 21.1. The van der Waals surface area contributed by atoms with Gasteiger partial charge in [-0.05, 0) is 25.1 Å². The maximum absolute atomic E-state index is 13.7. The van der Waals surface area contributed by atoms with Crippen molar-refractivity contribution in [3.05, 3.63) is 98.2 Å². The second kappa shape index (κ2) is 9.43. The largest absolute Gasteiger partial charge is 0.465 e. The SMILES string of the molecule is CCOC(=O)[C@@H]1[C@@H](c2ccccc2)[C@@H]2CN(Cc3ccccc3)c3c(c(=O)n(C)c(=O)n3C)[C@@H]2N1C. The number of likely N-dealkylation sites (N-methyl/N-ethyl adjacent to an activating group) is 1. The summed E-state index contributed by atoms with van der Waals surface area (Å²) < 4.78 is 8.27. The van der Waals surface area contributed by atoms with E-state index in [1.165, 1.54) is 11.6 Å². The van der Waals surface area contributed by atoms with Crippen LogP contribution in [0.4, 0.5) is 5.82 Å². The number of anilines is 1. The molecule has 5 rings (SSSR count). The molecule has 8 nitrogen and oxygen atoms in total. The topological polar surface area (TPSA) is 76.8 Å². The smallest absolute Gasteiger partial charge is 0.332 e. The van der Waals surface area contributed by atoms with Gasteiger partial charge in [0.05, 0.1) is 12.2 Å². The third kappa shape index (κ3) is 3.76. The molecular weight excluding hydrogens is 456 g/mol. The second-order valence-corrected chi connectivity index (χ2v) is 9.72. The number of aromatic nitrogens is 2. The molecule has 2 aromatic carbocycles. The van der Waals surface area contributed by atoms with Crippen LogP contribution in [0.15, 0.2) is 70.3 Å². The Morgan fingerprint density at radius 2 is 1.58 bits per heavy atom. The van der Waals surface area contributed by atoms with E-state index in [-0.39, 0.29) is 41.7 Å². The number of nitrogens with zero attached hydrogens (tertiary/aromatic N) is 4. The van der Waals surface area contributed by atoms with Crippen molar-refractivity contribution < 1.29 is 9.53 Å². The first kappa shape index (κ1) is 24.1. The highest BCUT2D eigenvalue weighted by Crippen LogP contribution is 2.53. The number of carbonyl (C=O) groups excluding carboxylic acids is 1. The predicted octanol–water partition coefficient (Wildman–Crippen LogP) is 2.42. The van der Waals surface area contributed by atoms with Crippen LogP contribution in [0.2, 0.25) is 0 Å². The van der Waals surface area contributed by atoms with Crippen molar-refractivity contribution in [2.75, 3.05) is 25.1 Å². The lowest BCUT2D eigenvalue weighted by atomic mass is 9.78. The number of rotatable bonds is 5. The molecule has 2 aliphatic rings. The molecule has 36 heavy (non-hydrogen) atoms. The van der Waals surface area contributed by atoms with Gasteiger partial charge in [0.15, 0.2) is 0 Å². The minimum Gasteiger partial charge on any atom is -0.465 e. The highest BCUT2D eigenvalue weighted by Gasteiger charge is 2.56. The fraction of sp³-hybridized carbons (Fsp3) is 0.393. The van der Waals surface area contributed by atoms with Crippen LogP contribution in [0.1, 0.15) is 35.6 Å². The quantitative estimate of drug-likeness (QED) is 0.514. The number of hydrogen-bond donors (Lipinski definition) is 0. The summed E-state index contributed by atoms with van der Waals surface area (Å²) in [6.07, 6.45) is 0. The van der Waals surface area contributed by atoms with Gasteiger partial charge in [0, 0.05) is 45.1 Å². The first-order valence-corrected chi connectivity index (χ1v) is 12.4. The summed E-state index contributed by atoms with van der Waals surface area (Å²) in [6.45, 7) is 3.23. The first-order valence-electron chi connectivity index (χ1n) is 12.4. The third-order valence-corrected chi connectivity index (χ3v) is 7.71. The number of ether oxygens (including phenoxy) is 1. The molecule has 0 unspecified atom stereocenters. The van der Waals surface area contributed by atoms with E-state index < -0.39 is 6.04 Å². The minimum atomic E-state index is -0.547. The Morgan fingerprint density at radius 1 is 0.944 bits per heavy atom. The number of esters is 1. The van der Waals surface area contributed by atoms with E-state index in [0.29, 0.717) is 24.5 Å². The van der Waals surface area contributed by atoms with Crippen LogP contribution in [0, 0.1) is 5.92 Å². The Bertz CT molecular complexity index is 1380.